The van der Waals surface area contributed by atoms with Gasteiger partial charge in [-0.1, -0.05) is 29.8 Å². The van der Waals surface area contributed by atoms with Crippen molar-refractivity contribution in [2.75, 3.05) is 0 Å². The van der Waals surface area contributed by atoms with E-state index in [9.17, 15) is 9.90 Å². The minimum atomic E-state index is -0.876. The largest absolute Gasteiger partial charge is 0.383 e. The van der Waals surface area contributed by atoms with Gasteiger partial charge in [-0.3, -0.25) is 10.2 Å². The number of benzene rings is 1. The molecule has 4 heteroatoms. The summed E-state index contributed by atoms with van der Waals surface area (Å²) in [5.74, 6) is -0.336. The normalized spacial score (nSPS) is 24.5. The van der Waals surface area contributed by atoms with Gasteiger partial charge in [0.05, 0.1) is 0 Å². The Bertz CT molecular complexity index is 406. The van der Waals surface area contributed by atoms with Gasteiger partial charge in [0, 0.05) is 6.04 Å². The molecule has 4 nitrogen and oxygen atoms in total. The Morgan fingerprint density at radius 3 is 3.00 bits per heavy atom. The quantitative estimate of drug-likeness (QED) is 0.721. The third kappa shape index (κ3) is 3.28. The Kier molecular flexibility index (Phi) is 3.76. The average Bonchev–Trinajstić information content (AvgIpc) is 2.31. The molecule has 1 aliphatic heterocycles. The van der Waals surface area contributed by atoms with Gasteiger partial charge in [-0.2, -0.15) is 0 Å². The molecule has 0 saturated carbocycles. The number of rotatable bonds is 3. The molecule has 92 valence electrons. The summed E-state index contributed by atoms with van der Waals surface area (Å²) in [4.78, 5) is 11.0. The van der Waals surface area contributed by atoms with Crippen molar-refractivity contribution in [2.45, 2.75) is 38.3 Å². The molecule has 3 N–H and O–H groups in total. The Balaban J connectivity index is 1.84. The van der Waals surface area contributed by atoms with Crippen LogP contribution in [0.15, 0.2) is 24.3 Å². The summed E-state index contributed by atoms with van der Waals surface area (Å²) in [7, 11) is 0. The van der Waals surface area contributed by atoms with E-state index >= 15 is 0 Å². The highest BCUT2D eigenvalue weighted by molar-refractivity contribution is 5.80. The molecule has 1 amide bonds. The number of aliphatic hydroxyl groups is 1. The van der Waals surface area contributed by atoms with Gasteiger partial charge in [0.25, 0.3) is 5.91 Å². The predicted molar refractivity (Wildman–Crippen MR) is 65.2 cm³/mol. The number of nitrogens with one attached hydrogen (secondary N) is 2. The molecule has 1 aromatic rings. The molecule has 2 rings (SSSR count). The predicted octanol–water partition coefficient (Wildman–Crippen LogP) is 0.682. The summed E-state index contributed by atoms with van der Waals surface area (Å²) >= 11 is 0. The Labute approximate surface area is 101 Å². The van der Waals surface area contributed by atoms with Crippen molar-refractivity contribution in [2.24, 2.45) is 0 Å². The zero-order valence-electron chi connectivity index (χ0n) is 9.94. The minimum absolute atomic E-state index is 0.142. The first-order valence-electron chi connectivity index (χ1n) is 5.94. The van der Waals surface area contributed by atoms with Crippen LogP contribution in [0, 0.1) is 6.92 Å². The fourth-order valence-electron chi connectivity index (χ4n) is 2.09. The van der Waals surface area contributed by atoms with Crippen molar-refractivity contribution in [3.8, 4) is 0 Å². The molecule has 1 aromatic carbocycles. The van der Waals surface area contributed by atoms with Crippen molar-refractivity contribution < 1.29 is 9.90 Å². The molecule has 0 aromatic heterocycles. The smallest absolute Gasteiger partial charge is 0.262 e. The first-order chi connectivity index (χ1) is 8.15. The molecule has 0 radical (unpaired) electrons. The van der Waals surface area contributed by atoms with Gasteiger partial charge in [-0.05, 0) is 31.7 Å². The maximum atomic E-state index is 11.0. The number of carbonyl (C=O) groups excluding carboxylic acids is 1. The van der Waals surface area contributed by atoms with E-state index < -0.39 is 6.10 Å². The van der Waals surface area contributed by atoms with Crippen molar-refractivity contribution in [1.82, 2.24) is 10.9 Å². The second-order valence-corrected chi connectivity index (χ2v) is 4.61. The van der Waals surface area contributed by atoms with Crippen LogP contribution in [-0.2, 0) is 11.2 Å². The first-order valence-corrected chi connectivity index (χ1v) is 5.94. The van der Waals surface area contributed by atoms with E-state index in [1.165, 1.54) is 11.1 Å². The molecule has 2 atom stereocenters. The van der Waals surface area contributed by atoms with Gasteiger partial charge in [0.1, 0.15) is 6.10 Å². The SMILES string of the molecule is Cc1cccc(CCC2CC(O)C(=O)NN2)c1. The monoisotopic (exact) mass is 234 g/mol. The maximum Gasteiger partial charge on any atom is 0.262 e. The van der Waals surface area contributed by atoms with Crippen molar-refractivity contribution in [1.29, 1.82) is 0 Å². The highest BCUT2D eigenvalue weighted by Gasteiger charge is 2.25. The lowest BCUT2D eigenvalue weighted by Crippen LogP contribution is -2.55. The molecular weight excluding hydrogens is 216 g/mol. The number of carbonyl (C=O) groups is 1. The van der Waals surface area contributed by atoms with Crippen LogP contribution in [-0.4, -0.2) is 23.2 Å². The lowest BCUT2D eigenvalue weighted by molar-refractivity contribution is -0.134. The van der Waals surface area contributed by atoms with E-state index in [4.69, 9.17) is 0 Å². The summed E-state index contributed by atoms with van der Waals surface area (Å²) in [5.41, 5.74) is 7.96. The summed E-state index contributed by atoms with van der Waals surface area (Å²) in [6, 6.07) is 8.54. The molecule has 0 spiro atoms. The van der Waals surface area contributed by atoms with Gasteiger partial charge in [0.15, 0.2) is 0 Å². The summed E-state index contributed by atoms with van der Waals surface area (Å²) in [6.07, 6.45) is 1.46. The van der Waals surface area contributed by atoms with Crippen molar-refractivity contribution in [3.05, 3.63) is 35.4 Å². The molecule has 0 aliphatic carbocycles. The molecule has 17 heavy (non-hydrogen) atoms. The Morgan fingerprint density at radius 1 is 1.47 bits per heavy atom. The van der Waals surface area contributed by atoms with Crippen LogP contribution in [0.2, 0.25) is 0 Å². The number of hydrazine groups is 1. The van der Waals surface area contributed by atoms with Gasteiger partial charge in [-0.15, -0.1) is 0 Å². The van der Waals surface area contributed by atoms with Crippen molar-refractivity contribution >= 4 is 5.91 Å². The van der Waals surface area contributed by atoms with Gasteiger partial charge >= 0.3 is 0 Å². The summed E-state index contributed by atoms with van der Waals surface area (Å²) < 4.78 is 0. The Hall–Kier alpha value is -1.39. The second-order valence-electron chi connectivity index (χ2n) is 4.61. The van der Waals surface area contributed by atoms with Gasteiger partial charge in [0.2, 0.25) is 0 Å². The zero-order chi connectivity index (χ0) is 12.3. The molecule has 1 heterocycles. The summed E-state index contributed by atoms with van der Waals surface area (Å²) in [6.45, 7) is 2.08. The number of amides is 1. The van der Waals surface area contributed by atoms with Gasteiger partial charge in [-0.25, -0.2) is 5.43 Å². The third-order valence-corrected chi connectivity index (χ3v) is 3.07. The van der Waals surface area contributed by atoms with Crippen molar-refractivity contribution in [3.63, 3.8) is 0 Å². The van der Waals surface area contributed by atoms with Crippen LogP contribution >= 0.6 is 0 Å². The van der Waals surface area contributed by atoms with Crippen LogP contribution in [0.4, 0.5) is 0 Å². The standard InChI is InChI=1S/C13H18N2O2/c1-9-3-2-4-10(7-9)5-6-11-8-12(16)13(17)15-14-11/h2-4,7,11-12,14,16H,5-6,8H2,1H3,(H,15,17). The highest BCUT2D eigenvalue weighted by Crippen LogP contribution is 2.12. The van der Waals surface area contributed by atoms with E-state index in [0.29, 0.717) is 6.42 Å². The van der Waals surface area contributed by atoms with Crippen LogP contribution in [0.5, 0.6) is 0 Å². The van der Waals surface area contributed by atoms with E-state index in [1.54, 1.807) is 0 Å². The molecule has 0 bridgehead atoms. The van der Waals surface area contributed by atoms with E-state index in [-0.39, 0.29) is 11.9 Å². The fraction of sp³-hybridized carbons (Fsp3) is 0.462. The molecule has 1 saturated heterocycles. The van der Waals surface area contributed by atoms with Gasteiger partial charge < -0.3 is 5.11 Å². The Morgan fingerprint density at radius 2 is 2.29 bits per heavy atom. The van der Waals surface area contributed by atoms with Crippen LogP contribution in [0.25, 0.3) is 0 Å². The minimum Gasteiger partial charge on any atom is -0.383 e. The van der Waals surface area contributed by atoms with Crippen LogP contribution in [0.1, 0.15) is 24.0 Å². The fourth-order valence-corrected chi connectivity index (χ4v) is 2.09. The van der Waals surface area contributed by atoms with E-state index in [1.807, 2.05) is 0 Å². The van der Waals surface area contributed by atoms with E-state index in [0.717, 1.165) is 12.8 Å². The summed E-state index contributed by atoms with van der Waals surface area (Å²) in [5, 5.41) is 9.44. The van der Waals surface area contributed by atoms with Crippen LogP contribution in [0.3, 0.4) is 0 Å². The average molecular weight is 234 g/mol. The zero-order valence-corrected chi connectivity index (χ0v) is 9.94. The molecule has 1 aliphatic rings. The number of hydrogen-bond acceptors (Lipinski definition) is 3. The lowest BCUT2D eigenvalue weighted by atomic mass is 9.99. The number of aliphatic hydroxyl groups excluding tert-OH is 1. The highest BCUT2D eigenvalue weighted by atomic mass is 16.3. The number of hydrogen-bond donors (Lipinski definition) is 3. The first kappa shape index (κ1) is 12.1. The second kappa shape index (κ2) is 5.29. The van der Waals surface area contributed by atoms with E-state index in [2.05, 4.69) is 42.0 Å². The lowest BCUT2D eigenvalue weighted by Gasteiger charge is -2.27. The maximum absolute atomic E-state index is 11.0. The molecule has 2 unspecified atom stereocenters. The topological polar surface area (TPSA) is 61.4 Å². The van der Waals surface area contributed by atoms with Crippen LogP contribution < -0.4 is 10.9 Å². The molecular formula is C13H18N2O2. The third-order valence-electron chi connectivity index (χ3n) is 3.07. The number of aryl methyl sites for hydroxylation is 2. The molecule has 1 fully saturated rings.